The molecule has 2 aromatic carbocycles. The number of anilines is 1. The van der Waals surface area contributed by atoms with Crippen molar-refractivity contribution in [2.45, 2.75) is 38.9 Å². The number of nitrogens with zero attached hydrogens (tertiary/aromatic N) is 2. The van der Waals surface area contributed by atoms with Crippen LogP contribution in [0.1, 0.15) is 30.9 Å². The summed E-state index contributed by atoms with van der Waals surface area (Å²) in [5, 5.41) is 2.88. The van der Waals surface area contributed by atoms with E-state index in [0.717, 1.165) is 35.8 Å². The molecule has 1 amide bonds. The van der Waals surface area contributed by atoms with E-state index in [4.69, 9.17) is 0 Å². The van der Waals surface area contributed by atoms with Crippen LogP contribution in [0.15, 0.2) is 54.6 Å². The summed E-state index contributed by atoms with van der Waals surface area (Å²) in [5.41, 5.74) is 2.71. The minimum absolute atomic E-state index is 0.329. The van der Waals surface area contributed by atoms with Crippen LogP contribution in [0.5, 0.6) is 0 Å². The zero-order valence-electron chi connectivity index (χ0n) is 17.0. The smallest absolute Gasteiger partial charge is 0.243 e. The number of rotatable bonds is 8. The summed E-state index contributed by atoms with van der Waals surface area (Å²) in [6.07, 6.45) is 3.63. The van der Waals surface area contributed by atoms with Crippen LogP contribution in [-0.2, 0) is 27.9 Å². The highest BCUT2D eigenvalue weighted by Crippen LogP contribution is 2.20. The van der Waals surface area contributed by atoms with Gasteiger partial charge in [0, 0.05) is 13.1 Å². The molecule has 156 valence electrons. The largest absolute Gasteiger partial charge is 0.350 e. The molecule has 1 saturated heterocycles. The number of sulfonamides is 1. The topological polar surface area (TPSA) is 69.7 Å². The Kier molecular flexibility index (Phi) is 6.92. The van der Waals surface area contributed by atoms with Crippen LogP contribution < -0.4 is 9.62 Å². The first kappa shape index (κ1) is 21.3. The molecule has 0 aromatic heterocycles. The zero-order chi connectivity index (χ0) is 20.9. The zero-order valence-corrected chi connectivity index (χ0v) is 17.9. The summed E-state index contributed by atoms with van der Waals surface area (Å²) in [6, 6.07) is 16.0. The van der Waals surface area contributed by atoms with Crippen LogP contribution >= 0.6 is 0 Å². The molecule has 6 nitrogen and oxygen atoms in total. The summed E-state index contributed by atoms with van der Waals surface area (Å²) < 4.78 is 25.8. The van der Waals surface area contributed by atoms with E-state index in [1.165, 1.54) is 18.4 Å². The molecule has 7 heteroatoms. The number of hydrogen-bond acceptors (Lipinski definition) is 4. The molecule has 0 saturated carbocycles. The fraction of sp³-hybridized carbons (Fsp3) is 0.409. The monoisotopic (exact) mass is 415 g/mol. The fourth-order valence-electron chi connectivity index (χ4n) is 3.76. The molecule has 0 spiro atoms. The Balaban J connectivity index is 1.64. The average molecular weight is 416 g/mol. The van der Waals surface area contributed by atoms with Crippen molar-refractivity contribution in [3.8, 4) is 0 Å². The number of nitrogens with one attached hydrogen (secondary N) is 1. The van der Waals surface area contributed by atoms with Gasteiger partial charge in [0.1, 0.15) is 6.04 Å². The Morgan fingerprint density at radius 1 is 1.07 bits per heavy atom. The van der Waals surface area contributed by atoms with Gasteiger partial charge in [0.15, 0.2) is 0 Å². The predicted octanol–water partition coefficient (Wildman–Crippen LogP) is 2.75. The van der Waals surface area contributed by atoms with Gasteiger partial charge in [0.25, 0.3) is 0 Å². The van der Waals surface area contributed by atoms with Crippen molar-refractivity contribution in [1.29, 1.82) is 0 Å². The molecule has 1 heterocycles. The molecular weight excluding hydrogens is 386 g/mol. The number of carbonyl (C=O) groups excluding carboxylic acids is 1. The molecule has 0 bridgehead atoms. The van der Waals surface area contributed by atoms with Crippen LogP contribution in [0, 0.1) is 0 Å². The number of carbonyl (C=O) groups is 1. The normalized spacial score (nSPS) is 15.8. The first-order valence-electron chi connectivity index (χ1n) is 9.97. The molecule has 0 unspecified atom stereocenters. The van der Waals surface area contributed by atoms with Gasteiger partial charge in [-0.05, 0) is 56.1 Å². The van der Waals surface area contributed by atoms with Gasteiger partial charge >= 0.3 is 0 Å². The molecule has 2 aromatic rings. The SMILES string of the molecule is C[C@@H](C(=O)NCc1cccc(CN2CCCC2)c1)N(c1ccccc1)S(C)(=O)=O. The first-order chi connectivity index (χ1) is 13.8. The molecule has 1 aliphatic rings. The molecule has 29 heavy (non-hydrogen) atoms. The second-order valence-corrected chi connectivity index (χ2v) is 9.45. The van der Waals surface area contributed by atoms with E-state index in [9.17, 15) is 13.2 Å². The maximum Gasteiger partial charge on any atom is 0.243 e. The summed E-state index contributed by atoms with van der Waals surface area (Å²) >= 11 is 0. The summed E-state index contributed by atoms with van der Waals surface area (Å²) in [6.45, 7) is 5.17. The van der Waals surface area contributed by atoms with Crippen LogP contribution in [0.3, 0.4) is 0 Å². The molecule has 0 radical (unpaired) electrons. The van der Waals surface area contributed by atoms with Gasteiger partial charge in [0.05, 0.1) is 11.9 Å². The lowest BCUT2D eigenvalue weighted by Crippen LogP contribution is -2.47. The Morgan fingerprint density at radius 3 is 2.38 bits per heavy atom. The van der Waals surface area contributed by atoms with Gasteiger partial charge in [-0.15, -0.1) is 0 Å². The standard InChI is InChI=1S/C22H29N3O3S/c1-18(25(29(2,27)28)21-11-4-3-5-12-21)22(26)23-16-19-9-8-10-20(15-19)17-24-13-6-7-14-24/h3-5,8-12,15,18H,6-7,13-14,16-17H2,1-2H3,(H,23,26)/t18-/m0/s1. The lowest BCUT2D eigenvalue weighted by molar-refractivity contribution is -0.122. The quantitative estimate of drug-likeness (QED) is 0.720. The lowest BCUT2D eigenvalue weighted by Gasteiger charge is -2.28. The molecule has 1 aliphatic heterocycles. The second kappa shape index (κ2) is 9.41. The Labute approximate surface area is 173 Å². The van der Waals surface area contributed by atoms with E-state index < -0.39 is 16.1 Å². The number of para-hydroxylation sites is 1. The molecular formula is C22H29N3O3S. The lowest BCUT2D eigenvalue weighted by atomic mass is 10.1. The second-order valence-electron chi connectivity index (χ2n) is 7.59. The van der Waals surface area contributed by atoms with Crippen molar-refractivity contribution in [3.05, 3.63) is 65.7 Å². The van der Waals surface area contributed by atoms with Gasteiger partial charge in [0.2, 0.25) is 15.9 Å². The highest BCUT2D eigenvalue weighted by molar-refractivity contribution is 7.92. The van der Waals surface area contributed by atoms with Crippen molar-refractivity contribution in [2.24, 2.45) is 0 Å². The summed E-state index contributed by atoms with van der Waals surface area (Å²) in [5.74, 6) is -0.329. The van der Waals surface area contributed by atoms with Gasteiger partial charge in [-0.25, -0.2) is 8.42 Å². The Morgan fingerprint density at radius 2 is 1.72 bits per heavy atom. The van der Waals surface area contributed by atoms with E-state index in [0.29, 0.717) is 12.2 Å². The fourth-order valence-corrected chi connectivity index (χ4v) is 4.93. The van der Waals surface area contributed by atoms with E-state index in [-0.39, 0.29) is 5.91 Å². The number of hydrogen-bond donors (Lipinski definition) is 1. The van der Waals surface area contributed by atoms with Crippen molar-refractivity contribution < 1.29 is 13.2 Å². The summed E-state index contributed by atoms with van der Waals surface area (Å²) in [4.78, 5) is 15.2. The number of benzene rings is 2. The van der Waals surface area contributed by atoms with E-state index in [2.05, 4.69) is 22.3 Å². The third kappa shape index (κ3) is 5.81. The van der Waals surface area contributed by atoms with Gasteiger partial charge in [-0.1, -0.05) is 42.5 Å². The molecule has 1 atom stereocenters. The molecule has 0 aliphatic carbocycles. The Bertz CT molecular complexity index is 925. The number of likely N-dealkylation sites (tertiary alicyclic amines) is 1. The third-order valence-corrected chi connectivity index (χ3v) is 6.40. The first-order valence-corrected chi connectivity index (χ1v) is 11.8. The molecule has 3 rings (SSSR count). The molecule has 1 fully saturated rings. The maximum atomic E-state index is 12.7. The van der Waals surface area contributed by atoms with E-state index >= 15 is 0 Å². The van der Waals surface area contributed by atoms with E-state index in [1.807, 2.05) is 18.2 Å². The van der Waals surface area contributed by atoms with Gasteiger partial charge in [-0.3, -0.25) is 14.0 Å². The van der Waals surface area contributed by atoms with Gasteiger partial charge in [-0.2, -0.15) is 0 Å². The third-order valence-electron chi connectivity index (χ3n) is 5.16. The Hall–Kier alpha value is -2.38. The van der Waals surface area contributed by atoms with Crippen molar-refractivity contribution in [3.63, 3.8) is 0 Å². The van der Waals surface area contributed by atoms with Crippen molar-refractivity contribution in [1.82, 2.24) is 10.2 Å². The molecule has 1 N–H and O–H groups in total. The van der Waals surface area contributed by atoms with Crippen LogP contribution in [-0.4, -0.2) is 44.6 Å². The van der Waals surface area contributed by atoms with Crippen LogP contribution in [0.4, 0.5) is 5.69 Å². The van der Waals surface area contributed by atoms with Crippen LogP contribution in [0.2, 0.25) is 0 Å². The highest BCUT2D eigenvalue weighted by atomic mass is 32.2. The van der Waals surface area contributed by atoms with Gasteiger partial charge < -0.3 is 5.32 Å². The maximum absolute atomic E-state index is 12.7. The minimum atomic E-state index is -3.60. The van der Waals surface area contributed by atoms with E-state index in [1.54, 1.807) is 31.2 Å². The summed E-state index contributed by atoms with van der Waals surface area (Å²) in [7, 11) is -3.60. The van der Waals surface area contributed by atoms with Crippen LogP contribution in [0.25, 0.3) is 0 Å². The van der Waals surface area contributed by atoms with Crippen molar-refractivity contribution in [2.75, 3.05) is 23.7 Å². The highest BCUT2D eigenvalue weighted by Gasteiger charge is 2.28. The average Bonchev–Trinajstić information content (AvgIpc) is 3.19. The number of amides is 1. The van der Waals surface area contributed by atoms with Crippen molar-refractivity contribution >= 4 is 21.6 Å². The predicted molar refractivity (Wildman–Crippen MR) is 116 cm³/mol. The minimum Gasteiger partial charge on any atom is -0.350 e.